The van der Waals surface area contributed by atoms with Crippen molar-refractivity contribution in [1.29, 1.82) is 0 Å². The predicted molar refractivity (Wildman–Crippen MR) is 119 cm³/mol. The molecule has 6 nitrogen and oxygen atoms in total. The molecule has 1 unspecified atom stereocenters. The molecule has 0 spiro atoms. The minimum Gasteiger partial charge on any atom is -0.370 e. The second-order valence-electron chi connectivity index (χ2n) is 7.76. The van der Waals surface area contributed by atoms with Crippen molar-refractivity contribution in [3.05, 3.63) is 95.1 Å². The van der Waals surface area contributed by atoms with Crippen molar-refractivity contribution in [1.82, 2.24) is 4.90 Å². The number of nitrogens with zero attached hydrogens (tertiary/aromatic N) is 1. The highest BCUT2D eigenvalue weighted by Crippen LogP contribution is 2.24. The molecule has 33 heavy (non-hydrogen) atoms. The summed E-state index contributed by atoms with van der Waals surface area (Å²) in [5.74, 6) is -1.04. The molecule has 1 aliphatic rings. The molecule has 1 fully saturated rings. The fourth-order valence-corrected chi connectivity index (χ4v) is 4.72. The molecule has 9 heteroatoms. The van der Waals surface area contributed by atoms with Crippen molar-refractivity contribution < 1.29 is 26.7 Å². The number of hydrogen-bond acceptors (Lipinski definition) is 4. The van der Waals surface area contributed by atoms with Crippen LogP contribution in [0.4, 0.5) is 14.5 Å². The van der Waals surface area contributed by atoms with E-state index in [4.69, 9.17) is 4.74 Å². The monoisotopic (exact) mass is 472 g/mol. The molecule has 4 rings (SSSR count). The second kappa shape index (κ2) is 9.29. The first-order chi connectivity index (χ1) is 15.7. The van der Waals surface area contributed by atoms with Crippen molar-refractivity contribution >= 4 is 21.6 Å². The average molecular weight is 473 g/mol. The van der Waals surface area contributed by atoms with Crippen LogP contribution in [0.5, 0.6) is 0 Å². The van der Waals surface area contributed by atoms with Crippen LogP contribution in [0.15, 0.2) is 71.6 Å². The Kier molecular flexibility index (Phi) is 6.44. The topological polar surface area (TPSA) is 75.7 Å². The second-order valence-corrected chi connectivity index (χ2v) is 9.44. The third-order valence-corrected chi connectivity index (χ3v) is 6.80. The van der Waals surface area contributed by atoms with Crippen LogP contribution in [-0.2, 0) is 14.8 Å². The quantitative estimate of drug-likeness (QED) is 0.601. The van der Waals surface area contributed by atoms with Gasteiger partial charge in [0.2, 0.25) is 0 Å². The predicted octanol–water partition coefficient (Wildman–Crippen LogP) is 4.29. The summed E-state index contributed by atoms with van der Waals surface area (Å²) in [5.41, 5.74) is 1.69. The molecule has 0 aliphatic carbocycles. The molecule has 1 saturated heterocycles. The lowest BCUT2D eigenvalue weighted by Crippen LogP contribution is -2.42. The van der Waals surface area contributed by atoms with Gasteiger partial charge in [-0.1, -0.05) is 12.1 Å². The fourth-order valence-electron chi connectivity index (χ4n) is 3.57. The molecule has 1 heterocycles. The van der Waals surface area contributed by atoms with E-state index in [9.17, 15) is 22.0 Å². The largest absolute Gasteiger partial charge is 0.370 e. The van der Waals surface area contributed by atoms with Crippen LogP contribution in [0.3, 0.4) is 0 Å². The highest BCUT2D eigenvalue weighted by Gasteiger charge is 2.26. The number of amides is 1. The maximum atomic E-state index is 13.4. The number of halogens is 2. The molecular weight excluding hydrogens is 450 g/mol. The number of ether oxygens (including phenoxy) is 1. The normalized spacial score (nSPS) is 16.5. The number of rotatable bonds is 5. The van der Waals surface area contributed by atoms with Gasteiger partial charge in [0.05, 0.1) is 18.0 Å². The summed E-state index contributed by atoms with van der Waals surface area (Å²) >= 11 is 0. The molecule has 0 aromatic heterocycles. The molecule has 1 aliphatic heterocycles. The minimum absolute atomic E-state index is 0.0540. The van der Waals surface area contributed by atoms with Gasteiger partial charge in [-0.3, -0.25) is 9.52 Å². The molecular formula is C24H22F2N2O4S. The third-order valence-electron chi connectivity index (χ3n) is 5.42. The smallest absolute Gasteiger partial charge is 0.261 e. The molecule has 3 aromatic rings. The van der Waals surface area contributed by atoms with E-state index in [1.54, 1.807) is 29.2 Å². The van der Waals surface area contributed by atoms with Gasteiger partial charge in [0.15, 0.2) is 0 Å². The highest BCUT2D eigenvalue weighted by molar-refractivity contribution is 7.92. The number of anilines is 1. The summed E-state index contributed by atoms with van der Waals surface area (Å²) in [7, 11) is -3.90. The van der Waals surface area contributed by atoms with Crippen LogP contribution in [0, 0.1) is 18.6 Å². The number of nitrogens with one attached hydrogen (secondary N) is 1. The molecule has 1 N–H and O–H groups in total. The third kappa shape index (κ3) is 5.20. The number of hydrogen-bond donors (Lipinski definition) is 1. The zero-order valence-electron chi connectivity index (χ0n) is 17.8. The van der Waals surface area contributed by atoms with Gasteiger partial charge >= 0.3 is 0 Å². The van der Waals surface area contributed by atoms with Crippen molar-refractivity contribution in [2.75, 3.05) is 24.4 Å². The number of sulfonamides is 1. The zero-order valence-corrected chi connectivity index (χ0v) is 18.6. The summed E-state index contributed by atoms with van der Waals surface area (Å²) < 4.78 is 60.0. The first-order valence-electron chi connectivity index (χ1n) is 10.3. The number of carbonyl (C=O) groups is 1. The highest BCUT2D eigenvalue weighted by atomic mass is 32.2. The van der Waals surface area contributed by atoms with Gasteiger partial charge in [-0.2, -0.15) is 0 Å². The molecule has 0 bridgehead atoms. The summed E-state index contributed by atoms with van der Waals surface area (Å²) in [6, 6.07) is 15.6. The van der Waals surface area contributed by atoms with E-state index in [1.165, 1.54) is 43.3 Å². The van der Waals surface area contributed by atoms with Crippen LogP contribution >= 0.6 is 0 Å². The zero-order chi connectivity index (χ0) is 23.6. The van der Waals surface area contributed by atoms with Crippen LogP contribution < -0.4 is 4.72 Å². The van der Waals surface area contributed by atoms with E-state index < -0.39 is 15.8 Å². The summed E-state index contributed by atoms with van der Waals surface area (Å²) in [6.45, 7) is 2.57. The lowest BCUT2D eigenvalue weighted by molar-refractivity contribution is -0.0228. The van der Waals surface area contributed by atoms with E-state index in [0.717, 1.165) is 11.6 Å². The maximum absolute atomic E-state index is 13.4. The standard InChI is InChI=1S/C24H22F2N2O4S/c1-16-14-21(10-11-22(16)26)33(30,31)27-20-8-4-18(5-9-20)24(29)28-12-13-32-23(15-28)17-2-6-19(25)7-3-17/h2-11,14,23,27H,12-13,15H2,1H3. The van der Waals surface area contributed by atoms with Gasteiger partial charge in [-0.15, -0.1) is 0 Å². The van der Waals surface area contributed by atoms with Gasteiger partial charge < -0.3 is 9.64 Å². The Balaban J connectivity index is 1.44. The number of morpholine rings is 1. The summed E-state index contributed by atoms with van der Waals surface area (Å²) in [6.07, 6.45) is -0.353. The van der Waals surface area contributed by atoms with Gasteiger partial charge in [-0.25, -0.2) is 17.2 Å². The first kappa shape index (κ1) is 22.9. The maximum Gasteiger partial charge on any atom is 0.261 e. The van der Waals surface area contributed by atoms with Gasteiger partial charge in [-0.05, 0) is 72.6 Å². The molecule has 1 atom stereocenters. The molecule has 0 saturated carbocycles. The Bertz CT molecular complexity index is 1260. The van der Waals surface area contributed by atoms with E-state index in [1.807, 2.05) is 0 Å². The minimum atomic E-state index is -3.90. The van der Waals surface area contributed by atoms with Gasteiger partial charge in [0.25, 0.3) is 15.9 Å². The van der Waals surface area contributed by atoms with E-state index in [0.29, 0.717) is 25.3 Å². The Morgan fingerprint density at radius 1 is 1.03 bits per heavy atom. The van der Waals surface area contributed by atoms with Crippen molar-refractivity contribution in [2.24, 2.45) is 0 Å². The molecule has 172 valence electrons. The molecule has 0 radical (unpaired) electrons. The summed E-state index contributed by atoms with van der Waals surface area (Å²) in [4.78, 5) is 14.6. The average Bonchev–Trinajstić information content (AvgIpc) is 2.81. The Morgan fingerprint density at radius 3 is 2.39 bits per heavy atom. The van der Waals surface area contributed by atoms with Crippen LogP contribution in [-0.4, -0.2) is 38.9 Å². The fraction of sp³-hybridized carbons (Fsp3) is 0.208. The Labute approximate surface area is 190 Å². The van der Waals surface area contributed by atoms with E-state index in [-0.39, 0.29) is 34.0 Å². The Morgan fingerprint density at radius 2 is 1.73 bits per heavy atom. The number of benzene rings is 3. The first-order valence-corrected chi connectivity index (χ1v) is 11.8. The number of carbonyl (C=O) groups excluding carboxylic acids is 1. The van der Waals surface area contributed by atoms with Crippen molar-refractivity contribution in [3.63, 3.8) is 0 Å². The lowest BCUT2D eigenvalue weighted by Gasteiger charge is -2.33. The SMILES string of the molecule is Cc1cc(S(=O)(=O)Nc2ccc(C(=O)N3CCOC(c4ccc(F)cc4)C3)cc2)ccc1F. The van der Waals surface area contributed by atoms with E-state index >= 15 is 0 Å². The molecule has 3 aromatic carbocycles. The molecule has 1 amide bonds. The lowest BCUT2D eigenvalue weighted by atomic mass is 10.1. The van der Waals surface area contributed by atoms with Gasteiger partial charge in [0, 0.05) is 17.8 Å². The van der Waals surface area contributed by atoms with Crippen LogP contribution in [0.25, 0.3) is 0 Å². The Hall–Kier alpha value is -3.30. The van der Waals surface area contributed by atoms with Crippen molar-refractivity contribution in [2.45, 2.75) is 17.9 Å². The van der Waals surface area contributed by atoms with Crippen LogP contribution in [0.2, 0.25) is 0 Å². The summed E-state index contributed by atoms with van der Waals surface area (Å²) in [5, 5.41) is 0. The van der Waals surface area contributed by atoms with E-state index in [2.05, 4.69) is 4.72 Å². The number of aryl methyl sites for hydroxylation is 1. The van der Waals surface area contributed by atoms with Crippen molar-refractivity contribution in [3.8, 4) is 0 Å². The van der Waals surface area contributed by atoms with Crippen LogP contribution in [0.1, 0.15) is 27.6 Å². The van der Waals surface area contributed by atoms with Gasteiger partial charge in [0.1, 0.15) is 17.7 Å².